The number of hydrogen-bond acceptors (Lipinski definition) is 4. The number of carbonyl (C=O) groups excluding carboxylic acids is 1. The lowest BCUT2D eigenvalue weighted by Gasteiger charge is -2.21. The van der Waals surface area contributed by atoms with Crippen LogP contribution in [0.4, 0.5) is 20.3 Å². The van der Waals surface area contributed by atoms with Gasteiger partial charge in [-0.3, -0.25) is 14.0 Å². The van der Waals surface area contributed by atoms with Crippen LogP contribution in [-0.2, 0) is 10.2 Å². The summed E-state index contributed by atoms with van der Waals surface area (Å²) in [5, 5.41) is 3.01. The normalized spacial score (nSPS) is 11.6. The Morgan fingerprint density at radius 3 is 2.39 bits per heavy atom. The summed E-state index contributed by atoms with van der Waals surface area (Å²) in [7, 11) is 0. The molecule has 4 aromatic rings. The van der Waals surface area contributed by atoms with Gasteiger partial charge >= 0.3 is 0 Å². The molecule has 0 aliphatic carbocycles. The van der Waals surface area contributed by atoms with Crippen LogP contribution < -0.4 is 16.6 Å². The van der Waals surface area contributed by atoms with Crippen LogP contribution >= 0.6 is 0 Å². The highest BCUT2D eigenvalue weighted by Gasteiger charge is 2.27. The van der Waals surface area contributed by atoms with Crippen molar-refractivity contribution in [3.63, 3.8) is 0 Å². The Morgan fingerprint density at radius 2 is 1.77 bits per heavy atom. The Kier molecular flexibility index (Phi) is 4.81. The maximum absolute atomic E-state index is 14.4. The number of hydrogen-bond donors (Lipinski definition) is 3. The molecular formula is C22H19F2N5O2. The summed E-state index contributed by atoms with van der Waals surface area (Å²) in [6.45, 7) is 3.44. The molecule has 0 bridgehead atoms. The van der Waals surface area contributed by atoms with Gasteiger partial charge in [0.1, 0.15) is 11.6 Å². The van der Waals surface area contributed by atoms with E-state index in [9.17, 15) is 18.4 Å². The standard InChI is InChI=1S/C22H19F2N5O2/c1-22(2,21(25)31)12-6-8-13(9-7-12)27-18-17-20(30)26-10-11-29(17)19(28-18)16-14(23)4-3-5-15(16)24/h3-11,27H,1-2H3,(H2,25,31)(H,26,30). The van der Waals surface area contributed by atoms with Crippen LogP contribution in [0.1, 0.15) is 19.4 Å². The van der Waals surface area contributed by atoms with Crippen molar-refractivity contribution in [2.24, 2.45) is 5.73 Å². The van der Waals surface area contributed by atoms with Gasteiger partial charge in [0, 0.05) is 18.1 Å². The number of primary amides is 1. The van der Waals surface area contributed by atoms with E-state index >= 15 is 0 Å². The number of aromatic amines is 1. The van der Waals surface area contributed by atoms with Crippen LogP contribution in [-0.4, -0.2) is 20.3 Å². The fourth-order valence-corrected chi connectivity index (χ4v) is 3.27. The Labute approximate surface area is 175 Å². The minimum Gasteiger partial charge on any atom is -0.369 e. The summed E-state index contributed by atoms with van der Waals surface area (Å²) < 4.78 is 30.1. The van der Waals surface area contributed by atoms with Crippen molar-refractivity contribution in [3.8, 4) is 11.4 Å². The van der Waals surface area contributed by atoms with Crippen LogP contribution in [0.2, 0.25) is 0 Å². The number of nitrogens with two attached hydrogens (primary N) is 1. The lowest BCUT2D eigenvalue weighted by atomic mass is 9.84. The number of rotatable bonds is 5. The van der Waals surface area contributed by atoms with E-state index in [4.69, 9.17) is 5.73 Å². The van der Waals surface area contributed by atoms with Gasteiger partial charge in [0.05, 0.1) is 11.0 Å². The van der Waals surface area contributed by atoms with Crippen molar-refractivity contribution < 1.29 is 13.6 Å². The fraction of sp³-hybridized carbons (Fsp3) is 0.136. The molecule has 9 heteroatoms. The summed E-state index contributed by atoms with van der Waals surface area (Å²) in [6.07, 6.45) is 2.83. The summed E-state index contributed by atoms with van der Waals surface area (Å²) in [5.41, 5.74) is 5.16. The third-order valence-electron chi connectivity index (χ3n) is 5.24. The Hall–Kier alpha value is -4.01. The van der Waals surface area contributed by atoms with Crippen molar-refractivity contribution >= 4 is 22.9 Å². The van der Waals surface area contributed by atoms with E-state index in [0.29, 0.717) is 11.3 Å². The Balaban J connectivity index is 1.81. The molecule has 0 aliphatic rings. The van der Waals surface area contributed by atoms with Crippen molar-refractivity contribution in [1.82, 2.24) is 14.4 Å². The average Bonchev–Trinajstić information content (AvgIpc) is 3.07. The van der Waals surface area contributed by atoms with Crippen LogP contribution in [0.15, 0.2) is 59.7 Å². The molecule has 0 fully saturated rings. The molecule has 4 N–H and O–H groups in total. The number of amides is 1. The summed E-state index contributed by atoms with van der Waals surface area (Å²) in [5.74, 6) is -1.97. The highest BCUT2D eigenvalue weighted by atomic mass is 19.1. The van der Waals surface area contributed by atoms with E-state index in [-0.39, 0.29) is 22.7 Å². The fourth-order valence-electron chi connectivity index (χ4n) is 3.27. The summed E-state index contributed by atoms with van der Waals surface area (Å²) >= 11 is 0. The van der Waals surface area contributed by atoms with E-state index in [1.54, 1.807) is 38.1 Å². The number of nitrogens with zero attached hydrogens (tertiary/aromatic N) is 2. The van der Waals surface area contributed by atoms with Gasteiger partial charge in [-0.25, -0.2) is 13.8 Å². The molecule has 2 heterocycles. The number of fused-ring (bicyclic) bond motifs is 1. The van der Waals surface area contributed by atoms with Gasteiger partial charge in [-0.05, 0) is 43.7 Å². The molecule has 0 unspecified atom stereocenters. The average molecular weight is 423 g/mol. The van der Waals surface area contributed by atoms with Gasteiger partial charge in [0.25, 0.3) is 5.56 Å². The first-order valence-corrected chi connectivity index (χ1v) is 9.41. The molecule has 4 rings (SSSR count). The largest absolute Gasteiger partial charge is 0.369 e. The van der Waals surface area contributed by atoms with E-state index < -0.39 is 28.5 Å². The van der Waals surface area contributed by atoms with Gasteiger partial charge in [-0.15, -0.1) is 0 Å². The lowest BCUT2D eigenvalue weighted by molar-refractivity contribution is -0.122. The smallest absolute Gasteiger partial charge is 0.276 e. The van der Waals surface area contributed by atoms with Crippen molar-refractivity contribution in [2.45, 2.75) is 19.3 Å². The van der Waals surface area contributed by atoms with Crippen molar-refractivity contribution in [2.75, 3.05) is 5.32 Å². The van der Waals surface area contributed by atoms with Crippen molar-refractivity contribution in [3.05, 3.63) is 82.4 Å². The molecule has 0 atom stereocenters. The number of nitrogens with one attached hydrogen (secondary N) is 2. The maximum atomic E-state index is 14.4. The first-order chi connectivity index (χ1) is 14.7. The van der Waals surface area contributed by atoms with E-state index in [2.05, 4.69) is 15.3 Å². The zero-order valence-corrected chi connectivity index (χ0v) is 16.7. The van der Waals surface area contributed by atoms with Crippen LogP contribution in [0.25, 0.3) is 16.9 Å². The number of H-pyrrole nitrogens is 1. The second-order valence-electron chi connectivity index (χ2n) is 7.58. The van der Waals surface area contributed by atoms with E-state index in [1.165, 1.54) is 22.9 Å². The first kappa shape index (κ1) is 20.3. The molecule has 2 aromatic heterocycles. The SMILES string of the molecule is CC(C)(C(N)=O)c1ccc(Nc2nc(-c3c(F)cccc3F)n3cc[nH]c(=O)c23)cc1. The number of aromatic nitrogens is 3. The highest BCUT2D eigenvalue weighted by Crippen LogP contribution is 2.30. The molecule has 7 nitrogen and oxygen atoms in total. The molecule has 0 saturated carbocycles. The summed E-state index contributed by atoms with van der Waals surface area (Å²) in [4.78, 5) is 31.0. The number of anilines is 2. The number of benzene rings is 2. The zero-order valence-electron chi connectivity index (χ0n) is 16.7. The zero-order chi connectivity index (χ0) is 22.3. The van der Waals surface area contributed by atoms with Gasteiger partial charge < -0.3 is 16.0 Å². The van der Waals surface area contributed by atoms with Crippen LogP contribution in [0.3, 0.4) is 0 Å². The number of halogens is 2. The Morgan fingerprint density at radius 1 is 1.13 bits per heavy atom. The minimum absolute atomic E-state index is 0.0503. The third-order valence-corrected chi connectivity index (χ3v) is 5.24. The summed E-state index contributed by atoms with van der Waals surface area (Å²) in [6, 6.07) is 10.4. The van der Waals surface area contributed by atoms with Crippen molar-refractivity contribution in [1.29, 1.82) is 0 Å². The quantitative estimate of drug-likeness (QED) is 0.457. The highest BCUT2D eigenvalue weighted by molar-refractivity contribution is 5.86. The number of imidazole rings is 1. The number of carbonyl (C=O) groups is 1. The lowest BCUT2D eigenvalue weighted by Crippen LogP contribution is -2.35. The van der Waals surface area contributed by atoms with Gasteiger partial charge in [0.15, 0.2) is 17.2 Å². The molecule has 1 amide bonds. The predicted octanol–water partition coefficient (Wildman–Crippen LogP) is 3.47. The Bertz CT molecular complexity index is 1340. The second kappa shape index (κ2) is 7.35. The van der Waals surface area contributed by atoms with E-state index in [1.807, 2.05) is 0 Å². The second-order valence-corrected chi connectivity index (χ2v) is 7.58. The van der Waals surface area contributed by atoms with Gasteiger partial charge in [-0.1, -0.05) is 18.2 Å². The minimum atomic E-state index is -0.855. The third kappa shape index (κ3) is 3.43. The molecular weight excluding hydrogens is 404 g/mol. The predicted molar refractivity (Wildman–Crippen MR) is 113 cm³/mol. The topological polar surface area (TPSA) is 105 Å². The molecule has 158 valence electrons. The first-order valence-electron chi connectivity index (χ1n) is 9.41. The van der Waals surface area contributed by atoms with Gasteiger partial charge in [-0.2, -0.15) is 0 Å². The molecule has 0 radical (unpaired) electrons. The van der Waals surface area contributed by atoms with Crippen LogP contribution in [0.5, 0.6) is 0 Å². The molecule has 0 saturated heterocycles. The molecule has 0 aliphatic heterocycles. The molecule has 2 aromatic carbocycles. The van der Waals surface area contributed by atoms with E-state index in [0.717, 1.165) is 12.1 Å². The molecule has 0 spiro atoms. The molecule has 31 heavy (non-hydrogen) atoms. The van der Waals surface area contributed by atoms with Gasteiger partial charge in [0.2, 0.25) is 5.91 Å². The van der Waals surface area contributed by atoms with Crippen LogP contribution in [0, 0.1) is 11.6 Å². The maximum Gasteiger partial charge on any atom is 0.276 e. The monoisotopic (exact) mass is 423 g/mol.